The molecule has 2 rings (SSSR count). The Morgan fingerprint density at radius 3 is 2.21 bits per heavy atom. The van der Waals surface area contributed by atoms with Gasteiger partial charge in [-0.15, -0.1) is 0 Å². The predicted octanol–water partition coefficient (Wildman–Crippen LogP) is 1.39. The number of aromatic nitrogens is 2. The maximum absolute atomic E-state index is 12.0. The number of nitrogens with zero attached hydrogens (tertiary/aromatic N) is 2. The minimum Gasteiger partial charge on any atom is -0.345 e. The molecule has 0 spiro atoms. The van der Waals surface area contributed by atoms with Crippen molar-refractivity contribution in [3.05, 3.63) is 51.3 Å². The van der Waals surface area contributed by atoms with Crippen LogP contribution in [0.15, 0.2) is 24.3 Å². The van der Waals surface area contributed by atoms with Gasteiger partial charge in [0.25, 0.3) is 11.8 Å². The van der Waals surface area contributed by atoms with Gasteiger partial charge in [0.2, 0.25) is 11.9 Å². The zero-order valence-electron chi connectivity index (χ0n) is 15.1. The van der Waals surface area contributed by atoms with Crippen LogP contribution in [-0.2, 0) is 9.59 Å². The SMILES string of the molecule is Cc1cc(C)nc(NNC(=O)CNC(=O)CNC(=O)c2ccc(Cl)cc2Cl)n1. The molecule has 11 heteroatoms. The molecule has 28 heavy (non-hydrogen) atoms. The van der Waals surface area contributed by atoms with Crippen molar-refractivity contribution < 1.29 is 14.4 Å². The number of anilines is 1. The normalized spacial score (nSPS) is 10.1. The highest BCUT2D eigenvalue weighted by atomic mass is 35.5. The molecule has 0 aliphatic heterocycles. The van der Waals surface area contributed by atoms with E-state index in [-0.39, 0.29) is 29.6 Å². The van der Waals surface area contributed by atoms with Crippen LogP contribution in [0.25, 0.3) is 0 Å². The van der Waals surface area contributed by atoms with Crippen LogP contribution in [0.5, 0.6) is 0 Å². The number of benzene rings is 1. The van der Waals surface area contributed by atoms with Crippen molar-refractivity contribution in [3.8, 4) is 0 Å². The minimum absolute atomic E-state index is 0.171. The third-order valence-electron chi connectivity index (χ3n) is 3.33. The Bertz CT molecular complexity index is 886. The summed E-state index contributed by atoms with van der Waals surface area (Å²) in [4.78, 5) is 43.8. The van der Waals surface area contributed by atoms with E-state index in [1.807, 2.05) is 0 Å². The molecule has 9 nitrogen and oxygen atoms in total. The summed E-state index contributed by atoms with van der Waals surface area (Å²) in [5, 5.41) is 5.34. The van der Waals surface area contributed by atoms with E-state index in [1.165, 1.54) is 18.2 Å². The van der Waals surface area contributed by atoms with Crippen molar-refractivity contribution in [2.24, 2.45) is 0 Å². The topological polar surface area (TPSA) is 125 Å². The molecule has 1 aromatic heterocycles. The summed E-state index contributed by atoms with van der Waals surface area (Å²) < 4.78 is 0. The first-order chi connectivity index (χ1) is 13.2. The van der Waals surface area contributed by atoms with Crippen LogP contribution in [0.4, 0.5) is 5.95 Å². The Kier molecular flexibility index (Phi) is 7.53. The summed E-state index contributed by atoms with van der Waals surface area (Å²) in [6.45, 7) is 2.98. The van der Waals surface area contributed by atoms with E-state index >= 15 is 0 Å². The van der Waals surface area contributed by atoms with Gasteiger partial charge in [0.1, 0.15) is 0 Å². The number of aryl methyl sites for hydroxylation is 2. The molecular weight excluding hydrogens is 407 g/mol. The fraction of sp³-hybridized carbons (Fsp3) is 0.235. The van der Waals surface area contributed by atoms with Crippen LogP contribution in [0.2, 0.25) is 10.0 Å². The van der Waals surface area contributed by atoms with Crippen molar-refractivity contribution in [2.75, 3.05) is 18.5 Å². The number of carbonyl (C=O) groups is 3. The van der Waals surface area contributed by atoms with Gasteiger partial charge in [0, 0.05) is 16.4 Å². The fourth-order valence-electron chi connectivity index (χ4n) is 2.12. The minimum atomic E-state index is -0.545. The Labute approximate surface area is 171 Å². The van der Waals surface area contributed by atoms with Gasteiger partial charge in [0.05, 0.1) is 23.7 Å². The smallest absolute Gasteiger partial charge is 0.257 e. The van der Waals surface area contributed by atoms with Crippen LogP contribution in [0, 0.1) is 13.8 Å². The van der Waals surface area contributed by atoms with Crippen molar-refractivity contribution in [1.29, 1.82) is 0 Å². The number of hydrogen-bond donors (Lipinski definition) is 4. The van der Waals surface area contributed by atoms with Gasteiger partial charge in [-0.25, -0.2) is 9.97 Å². The summed E-state index contributed by atoms with van der Waals surface area (Å²) in [5.41, 5.74) is 6.61. The van der Waals surface area contributed by atoms with Gasteiger partial charge in [0.15, 0.2) is 0 Å². The number of halogens is 2. The predicted molar refractivity (Wildman–Crippen MR) is 105 cm³/mol. The molecule has 3 amide bonds. The Balaban J connectivity index is 1.72. The summed E-state index contributed by atoms with van der Waals surface area (Å²) in [6, 6.07) is 6.18. The number of hydrogen-bond acceptors (Lipinski definition) is 6. The second kappa shape index (κ2) is 9.86. The van der Waals surface area contributed by atoms with Crippen molar-refractivity contribution in [3.63, 3.8) is 0 Å². The van der Waals surface area contributed by atoms with Crippen molar-refractivity contribution in [1.82, 2.24) is 26.0 Å². The molecule has 0 saturated carbocycles. The summed E-state index contributed by atoms with van der Waals surface area (Å²) in [6.07, 6.45) is 0. The quantitative estimate of drug-likeness (QED) is 0.497. The number of amides is 3. The van der Waals surface area contributed by atoms with Gasteiger partial charge in [-0.1, -0.05) is 23.2 Å². The maximum atomic E-state index is 12.0. The molecule has 0 unspecified atom stereocenters. The molecule has 0 aliphatic carbocycles. The lowest BCUT2D eigenvalue weighted by Crippen LogP contribution is -2.43. The van der Waals surface area contributed by atoms with E-state index < -0.39 is 17.7 Å². The molecule has 0 radical (unpaired) electrons. The van der Waals surface area contributed by atoms with Crippen LogP contribution < -0.4 is 21.5 Å². The molecule has 0 bridgehead atoms. The first-order valence-corrected chi connectivity index (χ1v) is 8.87. The average molecular weight is 425 g/mol. The molecule has 0 atom stereocenters. The molecule has 1 heterocycles. The molecule has 0 fully saturated rings. The number of rotatable bonds is 7. The van der Waals surface area contributed by atoms with Gasteiger partial charge in [-0.05, 0) is 38.1 Å². The number of hydrazine groups is 1. The number of carbonyl (C=O) groups excluding carboxylic acids is 3. The van der Waals surface area contributed by atoms with E-state index in [2.05, 4.69) is 31.5 Å². The molecule has 0 saturated heterocycles. The zero-order chi connectivity index (χ0) is 20.7. The van der Waals surface area contributed by atoms with Gasteiger partial charge < -0.3 is 10.6 Å². The lowest BCUT2D eigenvalue weighted by atomic mass is 10.2. The van der Waals surface area contributed by atoms with E-state index in [4.69, 9.17) is 23.2 Å². The van der Waals surface area contributed by atoms with Crippen LogP contribution in [0.3, 0.4) is 0 Å². The van der Waals surface area contributed by atoms with Crippen LogP contribution >= 0.6 is 23.2 Å². The summed E-state index contributed by atoms with van der Waals surface area (Å²) >= 11 is 11.7. The lowest BCUT2D eigenvalue weighted by Gasteiger charge is -2.10. The third kappa shape index (κ3) is 6.67. The number of nitrogens with one attached hydrogen (secondary N) is 4. The monoisotopic (exact) mass is 424 g/mol. The maximum Gasteiger partial charge on any atom is 0.257 e. The van der Waals surface area contributed by atoms with Gasteiger partial charge in [-0.3, -0.25) is 25.2 Å². The third-order valence-corrected chi connectivity index (χ3v) is 3.88. The highest BCUT2D eigenvalue weighted by Crippen LogP contribution is 2.20. The molecule has 2 aromatic rings. The highest BCUT2D eigenvalue weighted by molar-refractivity contribution is 6.36. The van der Waals surface area contributed by atoms with Crippen molar-refractivity contribution >= 4 is 46.9 Å². The summed E-state index contributed by atoms with van der Waals surface area (Å²) in [7, 11) is 0. The van der Waals surface area contributed by atoms with E-state index in [0.717, 1.165) is 11.4 Å². The lowest BCUT2D eigenvalue weighted by molar-refractivity contribution is -0.125. The molecule has 1 aromatic carbocycles. The second-order valence-corrected chi connectivity index (χ2v) is 6.57. The first-order valence-electron chi connectivity index (χ1n) is 8.11. The standard InChI is InChI=1S/C17H18Cl2N6O3/c1-9-5-10(2)23-17(22-9)25-24-15(27)8-20-14(26)7-21-16(28)12-4-3-11(18)6-13(12)19/h3-6H,7-8H2,1-2H3,(H,20,26)(H,21,28)(H,24,27)(H,22,23,25). The van der Waals surface area contributed by atoms with E-state index in [0.29, 0.717) is 5.02 Å². The largest absolute Gasteiger partial charge is 0.345 e. The van der Waals surface area contributed by atoms with Gasteiger partial charge in [-0.2, -0.15) is 0 Å². The molecule has 0 aliphatic rings. The van der Waals surface area contributed by atoms with Crippen molar-refractivity contribution in [2.45, 2.75) is 13.8 Å². The first kappa shape index (κ1) is 21.4. The Hall–Kier alpha value is -2.91. The van der Waals surface area contributed by atoms with E-state index in [1.54, 1.807) is 19.9 Å². The second-order valence-electron chi connectivity index (χ2n) is 5.73. The van der Waals surface area contributed by atoms with Crippen LogP contribution in [0.1, 0.15) is 21.7 Å². The summed E-state index contributed by atoms with van der Waals surface area (Å²) in [5.74, 6) is -1.35. The molecular formula is C17H18Cl2N6O3. The Morgan fingerprint density at radius 1 is 0.929 bits per heavy atom. The zero-order valence-corrected chi connectivity index (χ0v) is 16.6. The average Bonchev–Trinajstić information content (AvgIpc) is 2.62. The highest BCUT2D eigenvalue weighted by Gasteiger charge is 2.12. The fourth-order valence-corrected chi connectivity index (χ4v) is 2.62. The molecule has 4 N–H and O–H groups in total. The Morgan fingerprint density at radius 2 is 1.57 bits per heavy atom. The molecule has 148 valence electrons. The van der Waals surface area contributed by atoms with E-state index in [9.17, 15) is 14.4 Å². The van der Waals surface area contributed by atoms with Crippen LogP contribution in [-0.4, -0.2) is 40.8 Å². The van der Waals surface area contributed by atoms with Gasteiger partial charge >= 0.3 is 0 Å².